The SMILES string of the molecule is Cc1cc2c(cc1C1=CC3CCC(C1)N3)C(C)(C)CCC2(C)C. The molecule has 2 aliphatic heterocycles. The summed E-state index contributed by atoms with van der Waals surface area (Å²) in [5.74, 6) is 0. The van der Waals surface area contributed by atoms with Gasteiger partial charge in [-0.3, -0.25) is 0 Å². The smallest absolute Gasteiger partial charge is 0.0259 e. The first-order valence-corrected chi connectivity index (χ1v) is 9.39. The third kappa shape index (κ3) is 2.48. The van der Waals surface area contributed by atoms with Gasteiger partial charge in [0.25, 0.3) is 0 Å². The Balaban J connectivity index is 1.84. The van der Waals surface area contributed by atoms with Gasteiger partial charge in [-0.25, -0.2) is 0 Å². The zero-order valence-electron chi connectivity index (χ0n) is 15.4. The summed E-state index contributed by atoms with van der Waals surface area (Å²) >= 11 is 0. The normalized spacial score (nSPS) is 30.7. The maximum atomic E-state index is 3.72. The van der Waals surface area contributed by atoms with Gasteiger partial charge in [-0.1, -0.05) is 45.9 Å². The fourth-order valence-electron chi connectivity index (χ4n) is 4.99. The lowest BCUT2D eigenvalue weighted by atomic mass is 9.62. The lowest BCUT2D eigenvalue weighted by Gasteiger charge is -2.42. The molecule has 2 heterocycles. The van der Waals surface area contributed by atoms with Crippen LogP contribution in [0.4, 0.5) is 0 Å². The largest absolute Gasteiger partial charge is 0.307 e. The fourth-order valence-corrected chi connectivity index (χ4v) is 4.99. The first-order chi connectivity index (χ1) is 10.8. The van der Waals surface area contributed by atoms with E-state index in [0.29, 0.717) is 22.9 Å². The van der Waals surface area contributed by atoms with E-state index in [2.05, 4.69) is 58.1 Å². The number of hydrogen-bond acceptors (Lipinski definition) is 1. The molecule has 1 heteroatoms. The van der Waals surface area contributed by atoms with Crippen LogP contribution in [-0.4, -0.2) is 12.1 Å². The van der Waals surface area contributed by atoms with Gasteiger partial charge in [-0.15, -0.1) is 0 Å². The van der Waals surface area contributed by atoms with Crippen molar-refractivity contribution in [2.24, 2.45) is 0 Å². The Labute approximate surface area is 141 Å². The van der Waals surface area contributed by atoms with E-state index >= 15 is 0 Å². The predicted molar refractivity (Wildman–Crippen MR) is 99.0 cm³/mol. The van der Waals surface area contributed by atoms with Crippen LogP contribution in [0.3, 0.4) is 0 Å². The van der Waals surface area contributed by atoms with Gasteiger partial charge in [-0.05, 0) is 77.7 Å². The van der Waals surface area contributed by atoms with Crippen molar-refractivity contribution < 1.29 is 0 Å². The standard InChI is InChI=1S/C22H31N/c1-14-10-19-20(22(4,5)9-8-21(19,2)3)13-18(14)15-11-16-6-7-17(12-15)23-16/h10-11,13,16-17,23H,6-9,12H2,1-5H3. The number of hydrogen-bond donors (Lipinski definition) is 1. The summed E-state index contributed by atoms with van der Waals surface area (Å²) in [5.41, 5.74) is 8.40. The van der Waals surface area contributed by atoms with Crippen LogP contribution in [0.5, 0.6) is 0 Å². The Hall–Kier alpha value is -1.08. The maximum absolute atomic E-state index is 3.72. The zero-order valence-corrected chi connectivity index (χ0v) is 15.4. The van der Waals surface area contributed by atoms with Crippen molar-refractivity contribution in [2.45, 2.75) is 89.6 Å². The van der Waals surface area contributed by atoms with Crippen molar-refractivity contribution in [3.63, 3.8) is 0 Å². The molecule has 2 unspecified atom stereocenters. The molecule has 2 bridgehead atoms. The molecule has 1 saturated heterocycles. The van der Waals surface area contributed by atoms with Crippen LogP contribution in [0, 0.1) is 6.92 Å². The minimum Gasteiger partial charge on any atom is -0.307 e. The topological polar surface area (TPSA) is 12.0 Å². The molecule has 2 atom stereocenters. The molecule has 124 valence electrons. The Bertz CT molecular complexity index is 677. The van der Waals surface area contributed by atoms with Crippen LogP contribution >= 0.6 is 0 Å². The van der Waals surface area contributed by atoms with E-state index in [4.69, 9.17) is 0 Å². The monoisotopic (exact) mass is 309 g/mol. The Morgan fingerprint density at radius 1 is 0.957 bits per heavy atom. The van der Waals surface area contributed by atoms with Gasteiger partial charge >= 0.3 is 0 Å². The van der Waals surface area contributed by atoms with Gasteiger partial charge in [0.05, 0.1) is 0 Å². The van der Waals surface area contributed by atoms with Crippen LogP contribution in [0.25, 0.3) is 5.57 Å². The molecule has 1 nitrogen and oxygen atoms in total. The van der Waals surface area contributed by atoms with E-state index in [1.807, 2.05) is 0 Å². The lowest BCUT2D eigenvalue weighted by molar-refractivity contribution is 0.331. The molecular formula is C22H31N. The molecule has 0 saturated carbocycles. The predicted octanol–water partition coefficient (Wildman–Crippen LogP) is 5.25. The van der Waals surface area contributed by atoms with Crippen LogP contribution in [-0.2, 0) is 10.8 Å². The highest BCUT2D eigenvalue weighted by molar-refractivity contribution is 5.72. The van der Waals surface area contributed by atoms with Crippen LogP contribution in [0.15, 0.2) is 18.2 Å². The molecule has 0 aromatic heterocycles. The van der Waals surface area contributed by atoms with E-state index in [-0.39, 0.29) is 0 Å². The molecule has 0 spiro atoms. The Morgan fingerprint density at radius 2 is 1.61 bits per heavy atom. The lowest BCUT2D eigenvalue weighted by Crippen LogP contribution is -2.34. The number of nitrogens with one attached hydrogen (secondary N) is 1. The number of aryl methyl sites for hydroxylation is 1. The summed E-state index contributed by atoms with van der Waals surface area (Å²) in [6.07, 6.45) is 8.97. The molecule has 1 aromatic carbocycles. The molecule has 0 amide bonds. The van der Waals surface area contributed by atoms with E-state index in [9.17, 15) is 0 Å². The van der Waals surface area contributed by atoms with E-state index in [1.54, 1.807) is 16.7 Å². The van der Waals surface area contributed by atoms with Crippen molar-refractivity contribution in [1.82, 2.24) is 5.32 Å². The molecule has 1 aromatic rings. The van der Waals surface area contributed by atoms with Gasteiger partial charge in [0.2, 0.25) is 0 Å². The molecule has 1 fully saturated rings. The quantitative estimate of drug-likeness (QED) is 0.747. The summed E-state index contributed by atoms with van der Waals surface area (Å²) in [7, 11) is 0. The van der Waals surface area contributed by atoms with Gasteiger partial charge in [0.15, 0.2) is 0 Å². The fraction of sp³-hybridized carbons (Fsp3) is 0.636. The molecular weight excluding hydrogens is 278 g/mol. The van der Waals surface area contributed by atoms with E-state index in [0.717, 1.165) is 0 Å². The van der Waals surface area contributed by atoms with Crippen molar-refractivity contribution in [3.8, 4) is 0 Å². The van der Waals surface area contributed by atoms with Crippen molar-refractivity contribution in [1.29, 1.82) is 0 Å². The molecule has 1 aliphatic carbocycles. The number of fused-ring (bicyclic) bond motifs is 3. The average molecular weight is 309 g/mol. The molecule has 23 heavy (non-hydrogen) atoms. The molecule has 4 rings (SSSR count). The van der Waals surface area contributed by atoms with E-state index in [1.165, 1.54) is 43.2 Å². The summed E-state index contributed by atoms with van der Waals surface area (Å²) in [6, 6.07) is 6.39. The van der Waals surface area contributed by atoms with Gasteiger partial charge in [-0.2, -0.15) is 0 Å². The first kappa shape index (κ1) is 15.4. The Morgan fingerprint density at radius 3 is 2.26 bits per heavy atom. The van der Waals surface area contributed by atoms with Gasteiger partial charge in [0.1, 0.15) is 0 Å². The van der Waals surface area contributed by atoms with Crippen LogP contribution in [0.2, 0.25) is 0 Å². The van der Waals surface area contributed by atoms with Gasteiger partial charge < -0.3 is 5.32 Å². The van der Waals surface area contributed by atoms with E-state index < -0.39 is 0 Å². The summed E-state index contributed by atoms with van der Waals surface area (Å²) in [6.45, 7) is 12.0. The summed E-state index contributed by atoms with van der Waals surface area (Å²) in [5, 5.41) is 3.72. The summed E-state index contributed by atoms with van der Waals surface area (Å²) in [4.78, 5) is 0. The van der Waals surface area contributed by atoms with Crippen LogP contribution in [0.1, 0.15) is 82.1 Å². The number of benzene rings is 1. The third-order valence-corrected chi connectivity index (χ3v) is 6.69. The van der Waals surface area contributed by atoms with Crippen LogP contribution < -0.4 is 5.32 Å². The minimum absolute atomic E-state index is 0.305. The van der Waals surface area contributed by atoms with Crippen molar-refractivity contribution >= 4 is 5.57 Å². The maximum Gasteiger partial charge on any atom is 0.0259 e. The second-order valence-corrected chi connectivity index (χ2v) is 9.42. The molecule has 1 N–H and O–H groups in total. The highest BCUT2D eigenvalue weighted by Crippen LogP contribution is 2.47. The third-order valence-electron chi connectivity index (χ3n) is 6.69. The highest BCUT2D eigenvalue weighted by atomic mass is 15.0. The zero-order chi connectivity index (χ0) is 16.4. The summed E-state index contributed by atoms with van der Waals surface area (Å²) < 4.78 is 0. The van der Waals surface area contributed by atoms with Gasteiger partial charge in [0, 0.05) is 12.1 Å². The second-order valence-electron chi connectivity index (χ2n) is 9.42. The first-order valence-electron chi connectivity index (χ1n) is 9.39. The molecule has 3 aliphatic rings. The highest BCUT2D eigenvalue weighted by Gasteiger charge is 2.38. The second kappa shape index (κ2) is 4.96. The van der Waals surface area contributed by atoms with Crippen molar-refractivity contribution in [2.75, 3.05) is 0 Å². The number of rotatable bonds is 1. The average Bonchev–Trinajstić information content (AvgIpc) is 2.82. The van der Waals surface area contributed by atoms with Crippen molar-refractivity contribution in [3.05, 3.63) is 40.5 Å². The Kier molecular flexibility index (Phi) is 3.33. The molecule has 0 radical (unpaired) electrons. The minimum atomic E-state index is 0.305.